The van der Waals surface area contributed by atoms with Gasteiger partial charge in [-0.15, -0.1) is 0 Å². The smallest absolute Gasteiger partial charge is 0.122 e. The van der Waals surface area contributed by atoms with Crippen LogP contribution in [0.15, 0.2) is 12.1 Å². The molecule has 0 radical (unpaired) electrons. The van der Waals surface area contributed by atoms with Crippen LogP contribution in [-0.4, -0.2) is 12.2 Å². The zero-order valence-electron chi connectivity index (χ0n) is 17.1. The Hall–Kier alpha value is -1.18. The van der Waals surface area contributed by atoms with Crippen LogP contribution in [0.2, 0.25) is 0 Å². The fourth-order valence-electron chi connectivity index (χ4n) is 3.39. The molecule has 0 bridgehead atoms. The topological polar surface area (TPSA) is 29.5 Å². The normalized spacial score (nSPS) is 11.2. The lowest BCUT2D eigenvalue weighted by Gasteiger charge is -2.10. The quantitative estimate of drug-likeness (QED) is 0.360. The molecule has 0 unspecified atom stereocenters. The molecule has 1 N–H and O–H groups in total. The van der Waals surface area contributed by atoms with E-state index in [1.807, 2.05) is 6.92 Å². The SMILES string of the molecule is COc1cc(O)c(C)c(CCCCCCCCCCCCC(C)C)c1. The van der Waals surface area contributed by atoms with Crippen LogP contribution in [0, 0.1) is 12.8 Å². The maximum absolute atomic E-state index is 9.94. The van der Waals surface area contributed by atoms with Crippen LogP contribution in [0.4, 0.5) is 0 Å². The third kappa shape index (κ3) is 9.77. The summed E-state index contributed by atoms with van der Waals surface area (Å²) in [5, 5.41) is 9.94. The average Bonchev–Trinajstić information content (AvgIpc) is 2.58. The fraction of sp³-hybridized carbons (Fsp3) is 0.739. The van der Waals surface area contributed by atoms with E-state index in [1.54, 1.807) is 13.2 Å². The number of hydrogen-bond acceptors (Lipinski definition) is 2. The molecule has 0 saturated heterocycles. The Balaban J connectivity index is 2.01. The van der Waals surface area contributed by atoms with Crippen molar-refractivity contribution in [2.75, 3.05) is 7.11 Å². The van der Waals surface area contributed by atoms with Crippen molar-refractivity contribution in [3.8, 4) is 11.5 Å². The number of phenols is 1. The van der Waals surface area contributed by atoms with Crippen molar-refractivity contribution < 1.29 is 9.84 Å². The predicted molar refractivity (Wildman–Crippen MR) is 109 cm³/mol. The van der Waals surface area contributed by atoms with Crippen LogP contribution in [0.3, 0.4) is 0 Å². The van der Waals surface area contributed by atoms with E-state index in [1.165, 1.54) is 76.2 Å². The highest BCUT2D eigenvalue weighted by atomic mass is 16.5. The summed E-state index contributed by atoms with van der Waals surface area (Å²) < 4.78 is 5.25. The Morgan fingerprint density at radius 1 is 0.840 bits per heavy atom. The lowest BCUT2D eigenvalue weighted by atomic mass is 9.99. The lowest BCUT2D eigenvalue weighted by molar-refractivity contribution is 0.406. The van der Waals surface area contributed by atoms with Crippen LogP contribution in [-0.2, 0) is 6.42 Å². The summed E-state index contributed by atoms with van der Waals surface area (Å²) in [5.74, 6) is 1.97. The summed E-state index contributed by atoms with van der Waals surface area (Å²) in [5.41, 5.74) is 2.22. The number of hydrogen-bond donors (Lipinski definition) is 1. The highest BCUT2D eigenvalue weighted by Crippen LogP contribution is 2.28. The van der Waals surface area contributed by atoms with Gasteiger partial charge < -0.3 is 9.84 Å². The molecule has 144 valence electrons. The van der Waals surface area contributed by atoms with Crippen LogP contribution >= 0.6 is 0 Å². The summed E-state index contributed by atoms with van der Waals surface area (Å²) in [7, 11) is 1.65. The van der Waals surface area contributed by atoms with E-state index in [0.29, 0.717) is 5.75 Å². The van der Waals surface area contributed by atoms with E-state index in [2.05, 4.69) is 19.9 Å². The molecule has 1 aromatic rings. The van der Waals surface area contributed by atoms with E-state index >= 15 is 0 Å². The van der Waals surface area contributed by atoms with Gasteiger partial charge in [0.1, 0.15) is 11.5 Å². The van der Waals surface area contributed by atoms with Crippen LogP contribution in [0.25, 0.3) is 0 Å². The highest BCUT2D eigenvalue weighted by Gasteiger charge is 2.06. The van der Waals surface area contributed by atoms with Gasteiger partial charge in [-0.2, -0.15) is 0 Å². The van der Waals surface area contributed by atoms with Crippen molar-refractivity contribution in [2.45, 2.75) is 97.8 Å². The number of aryl methyl sites for hydroxylation is 1. The van der Waals surface area contributed by atoms with Gasteiger partial charge in [-0.25, -0.2) is 0 Å². The van der Waals surface area contributed by atoms with Crippen LogP contribution < -0.4 is 4.74 Å². The van der Waals surface area contributed by atoms with Gasteiger partial charge >= 0.3 is 0 Å². The van der Waals surface area contributed by atoms with Crippen molar-refractivity contribution in [2.24, 2.45) is 5.92 Å². The minimum absolute atomic E-state index is 0.350. The molecule has 0 atom stereocenters. The molecular weight excluding hydrogens is 308 g/mol. The Morgan fingerprint density at radius 2 is 1.36 bits per heavy atom. The zero-order chi connectivity index (χ0) is 18.5. The summed E-state index contributed by atoms with van der Waals surface area (Å²) >= 11 is 0. The molecule has 0 spiro atoms. The number of aromatic hydroxyl groups is 1. The van der Waals surface area contributed by atoms with Gasteiger partial charge in [0, 0.05) is 6.07 Å². The Labute approximate surface area is 156 Å². The molecule has 0 aliphatic carbocycles. The number of unbranched alkanes of at least 4 members (excludes halogenated alkanes) is 9. The monoisotopic (exact) mass is 348 g/mol. The second-order valence-electron chi connectivity index (χ2n) is 7.90. The first-order valence-electron chi connectivity index (χ1n) is 10.4. The van der Waals surface area contributed by atoms with Crippen molar-refractivity contribution in [3.63, 3.8) is 0 Å². The zero-order valence-corrected chi connectivity index (χ0v) is 17.1. The van der Waals surface area contributed by atoms with E-state index in [9.17, 15) is 5.11 Å². The molecule has 25 heavy (non-hydrogen) atoms. The van der Waals surface area contributed by atoms with Crippen molar-refractivity contribution in [1.82, 2.24) is 0 Å². The molecule has 1 rings (SSSR count). The molecule has 0 fully saturated rings. The standard InChI is InChI=1S/C23H40O2/c1-19(2)15-13-11-9-7-5-6-8-10-12-14-16-21-17-22(25-4)18-23(24)20(21)3/h17-19,24H,5-16H2,1-4H3. The third-order valence-electron chi connectivity index (χ3n) is 5.17. The third-order valence-corrected chi connectivity index (χ3v) is 5.17. The number of ether oxygens (including phenoxy) is 1. The van der Waals surface area contributed by atoms with Crippen molar-refractivity contribution in [1.29, 1.82) is 0 Å². The summed E-state index contributed by atoms with van der Waals surface area (Å²) in [6.07, 6.45) is 16.1. The maximum atomic E-state index is 9.94. The molecule has 2 nitrogen and oxygen atoms in total. The minimum atomic E-state index is 0.350. The van der Waals surface area contributed by atoms with Crippen molar-refractivity contribution >= 4 is 0 Å². The Bertz CT molecular complexity index is 465. The minimum Gasteiger partial charge on any atom is -0.508 e. The second-order valence-corrected chi connectivity index (χ2v) is 7.90. The van der Waals surface area contributed by atoms with E-state index in [4.69, 9.17) is 4.74 Å². The number of phenolic OH excluding ortho intramolecular Hbond substituents is 1. The van der Waals surface area contributed by atoms with Gasteiger partial charge in [0.05, 0.1) is 7.11 Å². The number of methoxy groups -OCH3 is 1. The first kappa shape index (κ1) is 21.9. The van der Waals surface area contributed by atoms with E-state index in [0.717, 1.165) is 23.7 Å². The molecular formula is C23H40O2. The largest absolute Gasteiger partial charge is 0.508 e. The Kier molecular flexibility index (Phi) is 11.4. The Morgan fingerprint density at radius 3 is 1.88 bits per heavy atom. The van der Waals surface area contributed by atoms with E-state index in [-0.39, 0.29) is 0 Å². The van der Waals surface area contributed by atoms with Gasteiger partial charge in [-0.05, 0) is 42.9 Å². The fourth-order valence-corrected chi connectivity index (χ4v) is 3.39. The molecule has 2 heteroatoms. The summed E-state index contributed by atoms with van der Waals surface area (Å²) in [6, 6.07) is 3.76. The first-order valence-corrected chi connectivity index (χ1v) is 10.4. The van der Waals surface area contributed by atoms with Gasteiger partial charge in [0.15, 0.2) is 0 Å². The van der Waals surface area contributed by atoms with Gasteiger partial charge in [-0.1, -0.05) is 78.1 Å². The van der Waals surface area contributed by atoms with Gasteiger partial charge in [0.25, 0.3) is 0 Å². The molecule has 0 aliphatic heterocycles. The van der Waals surface area contributed by atoms with E-state index < -0.39 is 0 Å². The molecule has 0 saturated carbocycles. The number of benzene rings is 1. The molecule has 0 amide bonds. The summed E-state index contributed by atoms with van der Waals surface area (Å²) in [4.78, 5) is 0. The second kappa shape index (κ2) is 13.1. The number of rotatable bonds is 14. The lowest BCUT2D eigenvalue weighted by Crippen LogP contribution is -1.93. The van der Waals surface area contributed by atoms with Crippen LogP contribution in [0.1, 0.15) is 95.6 Å². The predicted octanol–water partition coefficient (Wildman–Crippen LogP) is 7.20. The van der Waals surface area contributed by atoms with Gasteiger partial charge in [-0.3, -0.25) is 0 Å². The average molecular weight is 349 g/mol. The molecule has 0 heterocycles. The first-order chi connectivity index (χ1) is 12.0. The molecule has 0 aliphatic rings. The molecule has 1 aromatic carbocycles. The van der Waals surface area contributed by atoms with Crippen molar-refractivity contribution in [3.05, 3.63) is 23.3 Å². The van der Waals surface area contributed by atoms with Crippen LogP contribution in [0.5, 0.6) is 11.5 Å². The van der Waals surface area contributed by atoms with Gasteiger partial charge in [0.2, 0.25) is 0 Å². The highest BCUT2D eigenvalue weighted by molar-refractivity contribution is 5.45. The maximum Gasteiger partial charge on any atom is 0.122 e. The summed E-state index contributed by atoms with van der Waals surface area (Å²) in [6.45, 7) is 6.63. The molecule has 0 aromatic heterocycles.